The molecule has 1 aliphatic rings. The summed E-state index contributed by atoms with van der Waals surface area (Å²) in [5, 5.41) is 1.98. The zero-order valence-electron chi connectivity index (χ0n) is 8.24. The average Bonchev–Trinajstić information content (AvgIpc) is 2.76. The molecule has 0 radical (unpaired) electrons. The van der Waals surface area contributed by atoms with Crippen molar-refractivity contribution in [3.63, 3.8) is 0 Å². The summed E-state index contributed by atoms with van der Waals surface area (Å²) >= 11 is 1.59. The predicted octanol–water partition coefficient (Wildman–Crippen LogP) is 3.06. The number of rotatable bonds is 2. The fourth-order valence-corrected chi connectivity index (χ4v) is 2.06. The minimum Gasteiger partial charge on any atom is -0.425 e. The van der Waals surface area contributed by atoms with E-state index in [1.807, 2.05) is 37.4 Å². The van der Waals surface area contributed by atoms with Crippen molar-refractivity contribution in [2.45, 2.75) is 20.3 Å². The van der Waals surface area contributed by atoms with Crippen LogP contribution in [0.1, 0.15) is 25.1 Å². The monoisotopic (exact) mass is 208 g/mol. The first-order valence-corrected chi connectivity index (χ1v) is 5.53. The van der Waals surface area contributed by atoms with Gasteiger partial charge < -0.3 is 4.74 Å². The maximum Gasteiger partial charge on any atom is 0.321 e. The number of thiophene rings is 1. The first kappa shape index (κ1) is 9.46. The van der Waals surface area contributed by atoms with Crippen LogP contribution in [0.2, 0.25) is 0 Å². The van der Waals surface area contributed by atoms with Crippen LogP contribution >= 0.6 is 11.3 Å². The van der Waals surface area contributed by atoms with Crippen LogP contribution in [0.5, 0.6) is 0 Å². The Morgan fingerprint density at radius 1 is 1.57 bits per heavy atom. The molecule has 14 heavy (non-hydrogen) atoms. The molecule has 1 aliphatic heterocycles. The van der Waals surface area contributed by atoms with Gasteiger partial charge in [-0.2, -0.15) is 0 Å². The van der Waals surface area contributed by atoms with Crippen molar-refractivity contribution in [2.75, 3.05) is 0 Å². The maximum atomic E-state index is 11.6. The van der Waals surface area contributed by atoms with Gasteiger partial charge in [0.2, 0.25) is 0 Å². The van der Waals surface area contributed by atoms with Crippen LogP contribution in [0.4, 0.5) is 0 Å². The minimum atomic E-state index is -0.431. The van der Waals surface area contributed by atoms with E-state index in [0.717, 1.165) is 11.3 Å². The molecule has 0 saturated carbocycles. The largest absolute Gasteiger partial charge is 0.425 e. The van der Waals surface area contributed by atoms with Crippen LogP contribution in [0.15, 0.2) is 23.6 Å². The highest BCUT2D eigenvalue weighted by molar-refractivity contribution is 7.11. The summed E-state index contributed by atoms with van der Waals surface area (Å²) in [6.45, 7) is 3.91. The molecule has 0 N–H and O–H groups in total. The summed E-state index contributed by atoms with van der Waals surface area (Å²) in [4.78, 5) is 12.6. The van der Waals surface area contributed by atoms with Crippen molar-refractivity contribution in [1.82, 2.24) is 0 Å². The molecule has 2 rings (SSSR count). The second-order valence-corrected chi connectivity index (χ2v) is 4.59. The lowest BCUT2D eigenvalue weighted by molar-refractivity contribution is -0.142. The minimum absolute atomic E-state index is 0.136. The molecule has 0 spiro atoms. The van der Waals surface area contributed by atoms with Crippen molar-refractivity contribution in [1.29, 1.82) is 0 Å². The van der Waals surface area contributed by atoms with E-state index in [1.54, 1.807) is 11.3 Å². The van der Waals surface area contributed by atoms with E-state index in [0.29, 0.717) is 5.76 Å². The van der Waals surface area contributed by atoms with Crippen molar-refractivity contribution in [3.8, 4) is 0 Å². The van der Waals surface area contributed by atoms with Gasteiger partial charge in [-0.3, -0.25) is 4.79 Å². The first-order valence-electron chi connectivity index (χ1n) is 4.65. The number of ether oxygens (including phenoxy) is 1. The van der Waals surface area contributed by atoms with Crippen LogP contribution in [-0.4, -0.2) is 5.97 Å². The lowest BCUT2D eigenvalue weighted by atomic mass is 9.88. The van der Waals surface area contributed by atoms with Crippen LogP contribution in [0.25, 0.3) is 5.76 Å². The second kappa shape index (κ2) is 3.24. The smallest absolute Gasteiger partial charge is 0.321 e. The molecule has 1 atom stereocenters. The highest BCUT2D eigenvalue weighted by Gasteiger charge is 2.38. The molecular weight excluding hydrogens is 196 g/mol. The van der Waals surface area contributed by atoms with E-state index in [9.17, 15) is 4.79 Å². The Morgan fingerprint density at radius 2 is 2.36 bits per heavy atom. The summed E-state index contributed by atoms with van der Waals surface area (Å²) in [6, 6.07) is 3.92. The summed E-state index contributed by atoms with van der Waals surface area (Å²) < 4.78 is 5.24. The molecule has 0 aromatic carbocycles. The maximum absolute atomic E-state index is 11.6. The Hall–Kier alpha value is -1.09. The molecule has 0 fully saturated rings. The normalized spacial score (nSPS) is 26.1. The third kappa shape index (κ3) is 1.38. The van der Waals surface area contributed by atoms with E-state index >= 15 is 0 Å². The van der Waals surface area contributed by atoms with Gasteiger partial charge in [-0.05, 0) is 30.9 Å². The summed E-state index contributed by atoms with van der Waals surface area (Å²) in [7, 11) is 0. The topological polar surface area (TPSA) is 26.3 Å². The number of hydrogen-bond donors (Lipinski definition) is 0. The molecule has 3 heteroatoms. The zero-order valence-corrected chi connectivity index (χ0v) is 9.06. The molecule has 1 aromatic heterocycles. The predicted molar refractivity (Wildman–Crippen MR) is 56.8 cm³/mol. The van der Waals surface area contributed by atoms with Crippen LogP contribution in [0, 0.1) is 5.41 Å². The standard InChI is InChI=1S/C11H12O2S/c1-3-11(2)7-8(13-10(11)12)9-5-4-6-14-9/h4-7H,3H2,1-2H3. The van der Waals surface area contributed by atoms with Gasteiger partial charge in [0.1, 0.15) is 5.76 Å². The third-order valence-corrected chi connectivity index (χ3v) is 3.50. The van der Waals surface area contributed by atoms with Gasteiger partial charge in [0, 0.05) is 0 Å². The van der Waals surface area contributed by atoms with Crippen LogP contribution in [-0.2, 0) is 9.53 Å². The fourth-order valence-electron chi connectivity index (χ4n) is 1.38. The Bertz CT molecular complexity index is 378. The highest BCUT2D eigenvalue weighted by Crippen LogP contribution is 2.38. The van der Waals surface area contributed by atoms with Crippen LogP contribution < -0.4 is 0 Å². The molecular formula is C11H12O2S. The molecule has 2 heterocycles. The molecule has 0 bridgehead atoms. The molecule has 0 amide bonds. The number of carbonyl (C=O) groups is 1. The number of esters is 1. The van der Waals surface area contributed by atoms with E-state index in [-0.39, 0.29) is 5.97 Å². The van der Waals surface area contributed by atoms with Crippen molar-refractivity contribution < 1.29 is 9.53 Å². The van der Waals surface area contributed by atoms with Crippen molar-refractivity contribution >= 4 is 23.1 Å². The Kier molecular flexibility index (Phi) is 2.19. The highest BCUT2D eigenvalue weighted by atomic mass is 32.1. The third-order valence-electron chi connectivity index (χ3n) is 2.62. The summed E-state index contributed by atoms with van der Waals surface area (Å²) in [5.74, 6) is 0.581. The lowest BCUT2D eigenvalue weighted by Gasteiger charge is -2.12. The molecule has 1 unspecified atom stereocenters. The van der Waals surface area contributed by atoms with E-state index in [4.69, 9.17) is 4.74 Å². The van der Waals surface area contributed by atoms with Gasteiger partial charge >= 0.3 is 5.97 Å². The van der Waals surface area contributed by atoms with Crippen molar-refractivity contribution in [2.24, 2.45) is 5.41 Å². The van der Waals surface area contributed by atoms with Gasteiger partial charge in [0.25, 0.3) is 0 Å². The summed E-state index contributed by atoms with van der Waals surface area (Å²) in [6.07, 6.45) is 2.71. The van der Waals surface area contributed by atoms with Gasteiger partial charge in [-0.1, -0.05) is 13.0 Å². The number of cyclic esters (lactones) is 1. The molecule has 1 aromatic rings. The molecule has 2 nitrogen and oxygen atoms in total. The van der Waals surface area contributed by atoms with Gasteiger partial charge in [-0.25, -0.2) is 0 Å². The van der Waals surface area contributed by atoms with Gasteiger partial charge in [0.15, 0.2) is 0 Å². The van der Waals surface area contributed by atoms with E-state index in [2.05, 4.69) is 0 Å². The number of hydrogen-bond acceptors (Lipinski definition) is 3. The fraction of sp³-hybridized carbons (Fsp3) is 0.364. The van der Waals surface area contributed by atoms with E-state index in [1.165, 1.54) is 0 Å². The molecule has 74 valence electrons. The Labute approximate surface area is 87.2 Å². The molecule has 0 saturated heterocycles. The zero-order chi connectivity index (χ0) is 10.2. The Morgan fingerprint density at radius 3 is 2.86 bits per heavy atom. The van der Waals surface area contributed by atoms with Gasteiger partial charge in [-0.15, -0.1) is 11.3 Å². The molecule has 0 aliphatic carbocycles. The number of carbonyl (C=O) groups excluding carboxylic acids is 1. The van der Waals surface area contributed by atoms with E-state index < -0.39 is 5.41 Å². The quantitative estimate of drug-likeness (QED) is 0.698. The lowest BCUT2D eigenvalue weighted by Crippen LogP contribution is -2.20. The average molecular weight is 208 g/mol. The van der Waals surface area contributed by atoms with Crippen molar-refractivity contribution in [3.05, 3.63) is 28.5 Å². The second-order valence-electron chi connectivity index (χ2n) is 3.65. The SMILES string of the molecule is CCC1(C)C=C(c2cccs2)OC1=O. The summed E-state index contributed by atoms with van der Waals surface area (Å²) in [5.41, 5.74) is -0.431. The first-order chi connectivity index (χ1) is 6.65. The Balaban J connectivity index is 2.34. The van der Waals surface area contributed by atoms with Gasteiger partial charge in [0.05, 0.1) is 10.3 Å². The van der Waals surface area contributed by atoms with Crippen LogP contribution in [0.3, 0.4) is 0 Å².